The van der Waals surface area contributed by atoms with Crippen LogP contribution in [0.2, 0.25) is 0 Å². The molecule has 3 rings (SSSR count). The fourth-order valence-electron chi connectivity index (χ4n) is 4.53. The van der Waals surface area contributed by atoms with E-state index in [1.54, 1.807) is 39.0 Å². The summed E-state index contributed by atoms with van der Waals surface area (Å²) in [6.45, 7) is 9.60. The predicted molar refractivity (Wildman–Crippen MR) is 142 cm³/mol. The van der Waals surface area contributed by atoms with Crippen molar-refractivity contribution in [2.75, 3.05) is 31.2 Å². The van der Waals surface area contributed by atoms with E-state index in [1.807, 2.05) is 32.0 Å². The fraction of sp³-hybridized carbons (Fsp3) is 0.483. The molecule has 0 aliphatic carbocycles. The van der Waals surface area contributed by atoms with E-state index < -0.39 is 29.8 Å². The summed E-state index contributed by atoms with van der Waals surface area (Å²) in [5, 5.41) is 9.69. The number of hydrogen-bond donors (Lipinski definition) is 0. The van der Waals surface area contributed by atoms with Crippen molar-refractivity contribution in [1.82, 2.24) is 4.90 Å². The average molecular weight is 562 g/mol. The lowest BCUT2D eigenvalue weighted by Crippen LogP contribution is -2.45. The summed E-state index contributed by atoms with van der Waals surface area (Å²) < 4.78 is 56.4. The minimum absolute atomic E-state index is 0.00779. The van der Waals surface area contributed by atoms with Crippen LogP contribution in [0.1, 0.15) is 51.3 Å². The molecule has 1 unspecified atom stereocenters. The van der Waals surface area contributed by atoms with Crippen LogP contribution < -0.4 is 14.4 Å². The molecule has 40 heavy (non-hydrogen) atoms. The van der Waals surface area contributed by atoms with Gasteiger partial charge in [0.1, 0.15) is 18.3 Å². The largest absolute Gasteiger partial charge is 0.490 e. The number of alkyl halides is 3. The molecule has 0 fully saturated rings. The maximum absolute atomic E-state index is 13.1. The molecule has 11 heteroatoms. The second-order valence-corrected chi connectivity index (χ2v) is 10.4. The predicted octanol–water partition coefficient (Wildman–Crippen LogP) is 5.66. The Kier molecular flexibility index (Phi) is 9.56. The zero-order valence-electron chi connectivity index (χ0n) is 23.3. The summed E-state index contributed by atoms with van der Waals surface area (Å²) in [6, 6.07) is 11.9. The van der Waals surface area contributed by atoms with E-state index in [4.69, 9.17) is 14.2 Å². The van der Waals surface area contributed by atoms with Crippen LogP contribution in [-0.4, -0.2) is 61.0 Å². The summed E-state index contributed by atoms with van der Waals surface area (Å²) in [5.74, 6) is -0.871. The molecule has 1 aliphatic heterocycles. The second kappa shape index (κ2) is 12.5. The van der Waals surface area contributed by atoms with Gasteiger partial charge in [-0.15, -0.1) is 0 Å². The third kappa shape index (κ3) is 7.58. The van der Waals surface area contributed by atoms with Crippen molar-refractivity contribution >= 4 is 17.7 Å². The number of fused-ring (bicyclic) bond motifs is 1. The van der Waals surface area contributed by atoms with Crippen molar-refractivity contribution in [2.24, 2.45) is 0 Å². The second-order valence-electron chi connectivity index (χ2n) is 10.4. The number of anilines is 1. The highest BCUT2D eigenvalue weighted by Gasteiger charge is 2.45. The number of carbonyl (C=O) groups is 2. The van der Waals surface area contributed by atoms with Gasteiger partial charge < -0.3 is 24.0 Å². The number of carbonyl (C=O) groups excluding carboxylic acids is 2. The highest BCUT2D eigenvalue weighted by Crippen LogP contribution is 2.36. The molecule has 0 spiro atoms. The van der Waals surface area contributed by atoms with Crippen LogP contribution in [0.25, 0.3) is 0 Å². The number of amides is 2. The molecular weight excluding hydrogens is 527 g/mol. The Morgan fingerprint density at radius 2 is 1.77 bits per heavy atom. The van der Waals surface area contributed by atoms with Crippen molar-refractivity contribution in [1.29, 1.82) is 5.26 Å². The van der Waals surface area contributed by atoms with Gasteiger partial charge in [0.25, 0.3) is 0 Å². The van der Waals surface area contributed by atoms with E-state index in [-0.39, 0.29) is 37.4 Å². The molecule has 0 aromatic heterocycles. The Morgan fingerprint density at radius 1 is 1.12 bits per heavy atom. The summed E-state index contributed by atoms with van der Waals surface area (Å²) in [7, 11) is 0. The summed E-state index contributed by atoms with van der Waals surface area (Å²) in [6.07, 6.45) is -5.10. The first kappa shape index (κ1) is 30.6. The van der Waals surface area contributed by atoms with Crippen LogP contribution >= 0.6 is 0 Å². The molecule has 1 heterocycles. The SMILES string of the molecule is CCOc1ccccc1OCCN(C(=O)OC(C)(C)C)C(C)Cc1cc(C#N)c2c(c1)CCN2C(=O)C(F)(F)F. The molecule has 0 saturated heterocycles. The van der Waals surface area contributed by atoms with Gasteiger partial charge >= 0.3 is 18.2 Å². The number of hydrogen-bond acceptors (Lipinski definition) is 6. The van der Waals surface area contributed by atoms with Crippen LogP contribution in [0, 0.1) is 11.3 Å². The zero-order valence-corrected chi connectivity index (χ0v) is 23.3. The Balaban J connectivity index is 1.81. The van der Waals surface area contributed by atoms with Gasteiger partial charge in [-0.1, -0.05) is 18.2 Å². The average Bonchev–Trinajstić information content (AvgIpc) is 3.28. The maximum Gasteiger partial charge on any atom is 0.471 e. The Bertz CT molecular complexity index is 1270. The standard InChI is InChI=1S/C29H34F3N3O5/c1-6-38-23-9-7-8-10-24(23)39-14-13-34(27(37)40-28(3,4)5)19(2)15-20-16-21-11-12-35(26(36)29(30,31)32)25(21)22(17-20)18-33/h7-10,16-17,19H,6,11-15H2,1-5H3. The van der Waals surface area contributed by atoms with Gasteiger partial charge in [0.15, 0.2) is 11.5 Å². The molecular formula is C29H34F3N3O5. The molecule has 216 valence electrons. The third-order valence-electron chi connectivity index (χ3n) is 6.16. The van der Waals surface area contributed by atoms with Crippen LogP contribution in [0.3, 0.4) is 0 Å². The normalized spacial score (nSPS) is 13.7. The zero-order chi connectivity index (χ0) is 29.7. The Morgan fingerprint density at radius 3 is 2.35 bits per heavy atom. The lowest BCUT2D eigenvalue weighted by molar-refractivity contribution is -0.170. The van der Waals surface area contributed by atoms with Gasteiger partial charge in [0.05, 0.1) is 24.4 Å². The molecule has 8 nitrogen and oxygen atoms in total. The molecule has 0 N–H and O–H groups in total. The molecule has 1 atom stereocenters. The van der Waals surface area contributed by atoms with Gasteiger partial charge in [-0.2, -0.15) is 18.4 Å². The van der Waals surface area contributed by atoms with Gasteiger partial charge in [-0.25, -0.2) is 4.79 Å². The summed E-state index contributed by atoms with van der Waals surface area (Å²) in [5.41, 5.74) is 0.368. The third-order valence-corrected chi connectivity index (χ3v) is 6.16. The topological polar surface area (TPSA) is 92.1 Å². The number of halogens is 3. The Hall–Kier alpha value is -3.94. The lowest BCUT2D eigenvalue weighted by Gasteiger charge is -2.32. The number of ether oxygens (including phenoxy) is 3. The highest BCUT2D eigenvalue weighted by atomic mass is 19.4. The van der Waals surface area contributed by atoms with E-state index in [1.165, 1.54) is 11.0 Å². The number of benzene rings is 2. The minimum Gasteiger partial charge on any atom is -0.490 e. The van der Waals surface area contributed by atoms with Crippen molar-refractivity contribution in [3.05, 3.63) is 53.1 Å². The highest BCUT2D eigenvalue weighted by molar-refractivity contribution is 6.00. The fourth-order valence-corrected chi connectivity index (χ4v) is 4.53. The van der Waals surface area contributed by atoms with Crippen LogP contribution in [-0.2, 0) is 22.4 Å². The molecule has 1 aliphatic rings. The van der Waals surface area contributed by atoms with E-state index in [0.717, 1.165) is 0 Å². The van der Waals surface area contributed by atoms with Gasteiger partial charge in [-0.3, -0.25) is 4.79 Å². The molecule has 0 saturated carbocycles. The van der Waals surface area contributed by atoms with E-state index in [0.29, 0.717) is 40.6 Å². The Labute approximate surface area is 232 Å². The first-order chi connectivity index (χ1) is 18.7. The number of para-hydroxylation sites is 2. The van der Waals surface area contributed by atoms with E-state index in [9.17, 15) is 28.0 Å². The van der Waals surface area contributed by atoms with Crippen LogP contribution in [0.15, 0.2) is 36.4 Å². The van der Waals surface area contributed by atoms with Crippen molar-refractivity contribution in [3.63, 3.8) is 0 Å². The summed E-state index contributed by atoms with van der Waals surface area (Å²) in [4.78, 5) is 27.2. The van der Waals surface area contributed by atoms with Gasteiger partial charge in [0, 0.05) is 12.6 Å². The number of rotatable bonds is 9. The van der Waals surface area contributed by atoms with E-state index >= 15 is 0 Å². The first-order valence-corrected chi connectivity index (χ1v) is 13.0. The molecule has 0 radical (unpaired) electrons. The summed E-state index contributed by atoms with van der Waals surface area (Å²) >= 11 is 0. The molecule has 2 aromatic carbocycles. The van der Waals surface area contributed by atoms with Crippen molar-refractivity contribution in [2.45, 2.75) is 65.3 Å². The van der Waals surface area contributed by atoms with E-state index in [2.05, 4.69) is 0 Å². The quantitative estimate of drug-likeness (QED) is 0.393. The van der Waals surface area contributed by atoms with Gasteiger partial charge in [0.2, 0.25) is 0 Å². The first-order valence-electron chi connectivity index (χ1n) is 13.0. The number of nitriles is 1. The monoisotopic (exact) mass is 561 g/mol. The van der Waals surface area contributed by atoms with Crippen molar-refractivity contribution in [3.8, 4) is 17.6 Å². The lowest BCUT2D eigenvalue weighted by atomic mass is 9.98. The molecule has 2 amide bonds. The smallest absolute Gasteiger partial charge is 0.471 e. The molecule has 2 aromatic rings. The van der Waals surface area contributed by atoms with Gasteiger partial charge in [-0.05, 0) is 76.8 Å². The molecule has 0 bridgehead atoms. The van der Waals surface area contributed by atoms with Crippen molar-refractivity contribution < 1.29 is 37.0 Å². The van der Waals surface area contributed by atoms with Crippen LogP contribution in [0.5, 0.6) is 11.5 Å². The van der Waals surface area contributed by atoms with Crippen LogP contribution in [0.4, 0.5) is 23.7 Å². The number of nitrogens with zero attached hydrogens (tertiary/aromatic N) is 3. The minimum atomic E-state index is -5.04. The maximum atomic E-state index is 13.1.